The van der Waals surface area contributed by atoms with E-state index < -0.39 is 0 Å². The van der Waals surface area contributed by atoms with Crippen LogP contribution in [0.15, 0.2) is 18.6 Å². The molecule has 0 spiro atoms. The van der Waals surface area contributed by atoms with Gasteiger partial charge in [-0.1, -0.05) is 0 Å². The highest BCUT2D eigenvalue weighted by Gasteiger charge is 2.40. The van der Waals surface area contributed by atoms with Gasteiger partial charge in [0.25, 0.3) is 0 Å². The van der Waals surface area contributed by atoms with Crippen molar-refractivity contribution in [1.82, 2.24) is 19.9 Å². The Hall–Kier alpha value is -2.11. The van der Waals surface area contributed by atoms with E-state index in [1.54, 1.807) is 6.33 Å². The number of nitrogens with one attached hydrogen (secondary N) is 1. The fourth-order valence-electron chi connectivity index (χ4n) is 4.43. The molecule has 122 valence electrons. The molecule has 0 bridgehead atoms. The van der Waals surface area contributed by atoms with Gasteiger partial charge in [0.15, 0.2) is 0 Å². The van der Waals surface area contributed by atoms with Crippen molar-refractivity contribution in [1.29, 1.82) is 0 Å². The predicted octanol–water partition coefficient (Wildman–Crippen LogP) is 1.90. The average Bonchev–Trinajstić information content (AvgIpc) is 3.13. The number of carbonyl (C=O) groups is 1. The summed E-state index contributed by atoms with van der Waals surface area (Å²) in [5.41, 5.74) is 0.883. The van der Waals surface area contributed by atoms with E-state index in [9.17, 15) is 4.79 Å². The lowest BCUT2D eigenvalue weighted by atomic mass is 9.88. The minimum Gasteiger partial charge on any atom is -0.359 e. The first-order valence-electron chi connectivity index (χ1n) is 8.35. The molecular formula is C17H23N5O. The molecule has 1 amide bonds. The van der Waals surface area contributed by atoms with Gasteiger partial charge in [-0.15, -0.1) is 0 Å². The molecule has 4 rings (SSSR count). The number of piperidine rings is 1. The van der Waals surface area contributed by atoms with Crippen molar-refractivity contribution in [2.75, 3.05) is 32.1 Å². The van der Waals surface area contributed by atoms with Gasteiger partial charge in [-0.2, -0.15) is 0 Å². The van der Waals surface area contributed by atoms with Crippen LogP contribution in [0.4, 0.5) is 5.82 Å². The topological polar surface area (TPSA) is 65.1 Å². The summed E-state index contributed by atoms with van der Waals surface area (Å²) >= 11 is 0. The summed E-state index contributed by atoms with van der Waals surface area (Å²) in [7, 11) is 4.04. The Labute approximate surface area is 135 Å². The molecule has 1 N–H and O–H groups in total. The van der Waals surface area contributed by atoms with E-state index in [2.05, 4.69) is 26.9 Å². The Morgan fingerprint density at radius 2 is 2.17 bits per heavy atom. The smallest absolute Gasteiger partial charge is 0.222 e. The fraction of sp³-hybridized carbons (Fsp3) is 0.588. The summed E-state index contributed by atoms with van der Waals surface area (Å²) < 4.78 is 0. The molecule has 1 aliphatic carbocycles. The van der Waals surface area contributed by atoms with Gasteiger partial charge in [-0.05, 0) is 36.7 Å². The molecule has 6 nitrogen and oxygen atoms in total. The number of H-pyrrole nitrogens is 1. The average molecular weight is 313 g/mol. The van der Waals surface area contributed by atoms with E-state index in [4.69, 9.17) is 0 Å². The van der Waals surface area contributed by atoms with E-state index in [1.807, 2.05) is 24.2 Å². The predicted molar refractivity (Wildman–Crippen MR) is 89.1 cm³/mol. The van der Waals surface area contributed by atoms with Gasteiger partial charge in [0.2, 0.25) is 5.91 Å². The van der Waals surface area contributed by atoms with E-state index in [0.717, 1.165) is 42.8 Å². The Bertz CT molecular complexity index is 727. The van der Waals surface area contributed by atoms with E-state index in [1.165, 1.54) is 6.42 Å². The summed E-state index contributed by atoms with van der Waals surface area (Å²) in [6.07, 6.45) is 6.63. The number of hydrogen-bond acceptors (Lipinski definition) is 4. The monoisotopic (exact) mass is 313 g/mol. The third-order valence-electron chi connectivity index (χ3n) is 5.54. The lowest BCUT2D eigenvalue weighted by molar-refractivity contribution is -0.134. The highest BCUT2D eigenvalue weighted by molar-refractivity contribution is 5.87. The number of aromatic nitrogens is 3. The van der Waals surface area contributed by atoms with Gasteiger partial charge in [0.05, 0.1) is 5.39 Å². The molecule has 0 radical (unpaired) electrons. The molecule has 2 aromatic rings. The number of carbonyl (C=O) groups excluding carboxylic acids is 1. The Morgan fingerprint density at radius 1 is 1.35 bits per heavy atom. The van der Waals surface area contributed by atoms with Crippen LogP contribution in [-0.2, 0) is 4.79 Å². The van der Waals surface area contributed by atoms with Crippen LogP contribution in [0, 0.1) is 17.8 Å². The van der Waals surface area contributed by atoms with Gasteiger partial charge >= 0.3 is 0 Å². The molecule has 1 saturated carbocycles. The van der Waals surface area contributed by atoms with Crippen molar-refractivity contribution in [3.63, 3.8) is 0 Å². The molecule has 2 aromatic heterocycles. The number of amides is 1. The van der Waals surface area contributed by atoms with Crippen molar-refractivity contribution < 1.29 is 4.79 Å². The molecular weight excluding hydrogens is 290 g/mol. The van der Waals surface area contributed by atoms with Crippen LogP contribution in [0.25, 0.3) is 11.0 Å². The SMILES string of the molecule is CN1CC2C[C@H](CN(C)c3ncnc4[nH]ccc34)CC2CC1=O. The first-order chi connectivity index (χ1) is 11.1. The number of likely N-dealkylation sites (tertiary alicyclic amines) is 1. The zero-order valence-corrected chi connectivity index (χ0v) is 13.7. The number of anilines is 1. The maximum atomic E-state index is 11.9. The molecule has 1 aliphatic heterocycles. The van der Waals surface area contributed by atoms with Gasteiger partial charge in [0.1, 0.15) is 17.8 Å². The second kappa shape index (κ2) is 5.51. The maximum absolute atomic E-state index is 11.9. The zero-order valence-electron chi connectivity index (χ0n) is 13.7. The zero-order chi connectivity index (χ0) is 16.0. The summed E-state index contributed by atoms with van der Waals surface area (Å²) in [5, 5.41) is 1.07. The van der Waals surface area contributed by atoms with Gasteiger partial charge in [-0.25, -0.2) is 9.97 Å². The van der Waals surface area contributed by atoms with Crippen LogP contribution < -0.4 is 4.90 Å². The number of aromatic amines is 1. The molecule has 3 atom stereocenters. The summed E-state index contributed by atoms with van der Waals surface area (Å²) in [4.78, 5) is 27.9. The highest BCUT2D eigenvalue weighted by Crippen LogP contribution is 2.42. The third kappa shape index (κ3) is 2.56. The normalized spacial score (nSPS) is 27.5. The summed E-state index contributed by atoms with van der Waals surface area (Å²) in [5.74, 6) is 3.19. The van der Waals surface area contributed by atoms with Crippen LogP contribution in [0.5, 0.6) is 0 Å². The van der Waals surface area contributed by atoms with Crippen molar-refractivity contribution in [2.45, 2.75) is 19.3 Å². The number of fused-ring (bicyclic) bond motifs is 2. The Balaban J connectivity index is 1.47. The molecule has 3 heterocycles. The third-order valence-corrected chi connectivity index (χ3v) is 5.54. The van der Waals surface area contributed by atoms with Crippen molar-refractivity contribution in [3.8, 4) is 0 Å². The molecule has 23 heavy (non-hydrogen) atoms. The molecule has 1 saturated heterocycles. The van der Waals surface area contributed by atoms with E-state index >= 15 is 0 Å². The van der Waals surface area contributed by atoms with Gasteiger partial charge in [-0.3, -0.25) is 4.79 Å². The Morgan fingerprint density at radius 3 is 3.04 bits per heavy atom. The number of nitrogens with zero attached hydrogens (tertiary/aromatic N) is 4. The van der Waals surface area contributed by atoms with E-state index in [0.29, 0.717) is 23.7 Å². The number of rotatable bonds is 3. The van der Waals surface area contributed by atoms with Gasteiger partial charge in [0, 0.05) is 39.8 Å². The van der Waals surface area contributed by atoms with Crippen LogP contribution >= 0.6 is 0 Å². The molecule has 0 aromatic carbocycles. The van der Waals surface area contributed by atoms with Gasteiger partial charge < -0.3 is 14.8 Å². The lowest BCUT2D eigenvalue weighted by Crippen LogP contribution is -2.39. The number of hydrogen-bond donors (Lipinski definition) is 1. The summed E-state index contributed by atoms with van der Waals surface area (Å²) in [6.45, 7) is 1.92. The first-order valence-corrected chi connectivity index (χ1v) is 8.35. The second-order valence-electron chi connectivity index (χ2n) is 7.15. The maximum Gasteiger partial charge on any atom is 0.222 e. The first kappa shape index (κ1) is 14.5. The Kier molecular flexibility index (Phi) is 3.47. The van der Waals surface area contributed by atoms with Crippen LogP contribution in [0.1, 0.15) is 19.3 Å². The summed E-state index contributed by atoms with van der Waals surface area (Å²) in [6, 6.07) is 2.03. The minimum absolute atomic E-state index is 0.310. The largest absolute Gasteiger partial charge is 0.359 e. The molecule has 2 fully saturated rings. The lowest BCUT2D eigenvalue weighted by Gasteiger charge is -2.31. The standard InChI is InChI=1S/C17H23N5O/c1-21-9-13-6-11(5-12(13)7-15(21)23)8-22(2)17-14-3-4-18-16(14)19-10-20-17/h3-4,10-13H,5-9H2,1-2H3,(H,18,19,20)/t11-,12?,13?/m1/s1. The van der Waals surface area contributed by atoms with Crippen LogP contribution in [0.3, 0.4) is 0 Å². The van der Waals surface area contributed by atoms with Crippen LogP contribution in [-0.4, -0.2) is 52.9 Å². The molecule has 2 unspecified atom stereocenters. The van der Waals surface area contributed by atoms with Crippen molar-refractivity contribution in [3.05, 3.63) is 18.6 Å². The highest BCUT2D eigenvalue weighted by atomic mass is 16.2. The molecule has 6 heteroatoms. The van der Waals surface area contributed by atoms with E-state index in [-0.39, 0.29) is 0 Å². The molecule has 2 aliphatic rings. The fourth-order valence-corrected chi connectivity index (χ4v) is 4.43. The minimum atomic E-state index is 0.310. The second-order valence-corrected chi connectivity index (χ2v) is 7.15. The van der Waals surface area contributed by atoms with Crippen molar-refractivity contribution >= 4 is 22.8 Å². The van der Waals surface area contributed by atoms with Crippen LogP contribution in [0.2, 0.25) is 0 Å². The van der Waals surface area contributed by atoms with Crippen molar-refractivity contribution in [2.24, 2.45) is 17.8 Å². The quantitative estimate of drug-likeness (QED) is 0.940.